The molecule has 0 spiro atoms. The van der Waals surface area contributed by atoms with E-state index in [1.165, 1.54) is 4.90 Å². The largest absolute Gasteiger partial charge is 0.474 e. The molecule has 7 heteroatoms. The Labute approximate surface area is 186 Å². The first-order valence-corrected chi connectivity index (χ1v) is 10.2. The zero-order valence-electron chi connectivity index (χ0n) is 17.9. The normalized spacial score (nSPS) is 15.0. The predicted octanol–water partition coefficient (Wildman–Crippen LogP) is 3.34. The van der Waals surface area contributed by atoms with Crippen molar-refractivity contribution in [1.29, 1.82) is 5.41 Å². The summed E-state index contributed by atoms with van der Waals surface area (Å²) in [6.07, 6.45) is -0.865. The number of benzene rings is 3. The summed E-state index contributed by atoms with van der Waals surface area (Å²) < 4.78 is 6.06. The van der Waals surface area contributed by atoms with Crippen LogP contribution in [0.4, 0.5) is 5.69 Å². The predicted molar refractivity (Wildman–Crippen MR) is 123 cm³/mol. The number of nitrogens with one attached hydrogen (secondary N) is 1. The summed E-state index contributed by atoms with van der Waals surface area (Å²) in [7, 11) is 3.41. The van der Waals surface area contributed by atoms with Gasteiger partial charge in [0.05, 0.1) is 12.2 Å². The Morgan fingerprint density at radius 3 is 2.50 bits per heavy atom. The molecule has 0 fully saturated rings. The van der Waals surface area contributed by atoms with Crippen LogP contribution in [0.1, 0.15) is 33.2 Å². The molecule has 0 saturated carbocycles. The first-order valence-electron chi connectivity index (χ1n) is 10.2. The number of fused-ring (bicyclic) bond motifs is 1. The van der Waals surface area contributed by atoms with Crippen molar-refractivity contribution >= 4 is 23.3 Å². The molecule has 32 heavy (non-hydrogen) atoms. The number of anilines is 1. The zero-order chi connectivity index (χ0) is 22.8. The van der Waals surface area contributed by atoms with Crippen LogP contribution in [0.3, 0.4) is 0 Å². The number of nitrogen functional groups attached to an aromatic ring is 1. The molecule has 162 valence electrons. The Bertz CT molecular complexity index is 1210. The van der Waals surface area contributed by atoms with Gasteiger partial charge in [0.2, 0.25) is 6.10 Å². The summed E-state index contributed by atoms with van der Waals surface area (Å²) in [5.74, 6) is 0.189. The lowest BCUT2D eigenvalue weighted by Crippen LogP contribution is -2.40. The summed E-state index contributed by atoms with van der Waals surface area (Å²) in [6, 6.07) is 21.6. The SMILES string of the molecule is CN(C)C(=O)c1cccc(CN2C(=O)C(c3cccc(C(=N)N)c3)Oc3ccccc32)c1. The quantitative estimate of drug-likeness (QED) is 0.481. The van der Waals surface area contributed by atoms with Gasteiger partial charge in [0, 0.05) is 30.8 Å². The lowest BCUT2D eigenvalue weighted by molar-refractivity contribution is -0.126. The van der Waals surface area contributed by atoms with Gasteiger partial charge in [0.25, 0.3) is 11.8 Å². The number of nitrogens with two attached hydrogens (primary N) is 1. The number of hydrogen-bond acceptors (Lipinski definition) is 4. The van der Waals surface area contributed by atoms with Crippen molar-refractivity contribution in [3.8, 4) is 5.75 Å². The van der Waals surface area contributed by atoms with Gasteiger partial charge in [-0.05, 0) is 35.9 Å². The van der Waals surface area contributed by atoms with E-state index in [9.17, 15) is 9.59 Å². The number of carbonyl (C=O) groups is 2. The summed E-state index contributed by atoms with van der Waals surface area (Å²) in [6.45, 7) is 0.288. The highest BCUT2D eigenvalue weighted by Crippen LogP contribution is 2.39. The van der Waals surface area contributed by atoms with Gasteiger partial charge < -0.3 is 20.3 Å². The number of amidine groups is 1. The van der Waals surface area contributed by atoms with Crippen LogP contribution in [0.2, 0.25) is 0 Å². The molecule has 1 aliphatic rings. The number of amides is 2. The van der Waals surface area contributed by atoms with Gasteiger partial charge in [-0.15, -0.1) is 0 Å². The average molecular weight is 428 g/mol. The molecule has 1 unspecified atom stereocenters. The minimum atomic E-state index is -0.865. The average Bonchev–Trinajstić information content (AvgIpc) is 2.80. The minimum absolute atomic E-state index is 0.0743. The van der Waals surface area contributed by atoms with E-state index in [0.717, 1.165) is 5.56 Å². The molecule has 3 N–H and O–H groups in total. The van der Waals surface area contributed by atoms with Crippen molar-refractivity contribution in [3.63, 3.8) is 0 Å². The van der Waals surface area contributed by atoms with Gasteiger partial charge in [-0.2, -0.15) is 0 Å². The van der Waals surface area contributed by atoms with E-state index in [0.29, 0.717) is 28.1 Å². The van der Waals surface area contributed by atoms with Crippen LogP contribution in [-0.4, -0.2) is 36.6 Å². The standard InChI is InChI=1S/C25H24N4O3/c1-28(2)24(30)19-10-5-7-16(13-19)15-29-20-11-3-4-12-21(20)32-22(25(29)31)17-8-6-9-18(14-17)23(26)27/h3-14,22H,15H2,1-2H3,(H3,26,27). The van der Waals surface area contributed by atoms with Gasteiger partial charge in [0.15, 0.2) is 0 Å². The van der Waals surface area contributed by atoms with Crippen LogP contribution in [0.5, 0.6) is 5.75 Å². The summed E-state index contributed by atoms with van der Waals surface area (Å²) in [5, 5.41) is 7.70. The molecule has 7 nitrogen and oxygen atoms in total. The second-order valence-electron chi connectivity index (χ2n) is 7.83. The zero-order valence-corrected chi connectivity index (χ0v) is 17.9. The van der Waals surface area contributed by atoms with Crippen LogP contribution in [0.25, 0.3) is 0 Å². The van der Waals surface area contributed by atoms with Crippen LogP contribution >= 0.6 is 0 Å². The number of para-hydroxylation sites is 2. The van der Waals surface area contributed by atoms with Crippen molar-refractivity contribution in [2.45, 2.75) is 12.6 Å². The molecular formula is C25H24N4O3. The van der Waals surface area contributed by atoms with E-state index < -0.39 is 6.10 Å². The Morgan fingerprint density at radius 2 is 1.75 bits per heavy atom. The Hall–Kier alpha value is -4.13. The third-order valence-corrected chi connectivity index (χ3v) is 5.31. The molecule has 4 rings (SSSR count). The third kappa shape index (κ3) is 4.05. The van der Waals surface area contributed by atoms with Gasteiger partial charge in [-0.3, -0.25) is 15.0 Å². The van der Waals surface area contributed by atoms with Gasteiger partial charge in [-0.25, -0.2) is 0 Å². The van der Waals surface area contributed by atoms with Crippen LogP contribution in [-0.2, 0) is 11.3 Å². The van der Waals surface area contributed by atoms with Gasteiger partial charge in [-0.1, -0.05) is 42.5 Å². The summed E-state index contributed by atoms with van der Waals surface area (Å²) in [4.78, 5) is 29.1. The third-order valence-electron chi connectivity index (χ3n) is 5.31. The molecule has 0 radical (unpaired) electrons. The fraction of sp³-hybridized carbons (Fsp3) is 0.160. The number of nitrogens with zero attached hydrogens (tertiary/aromatic N) is 2. The maximum Gasteiger partial charge on any atom is 0.273 e. The van der Waals surface area contributed by atoms with E-state index in [-0.39, 0.29) is 24.2 Å². The first-order chi connectivity index (χ1) is 15.3. The molecule has 0 saturated heterocycles. The number of hydrogen-bond donors (Lipinski definition) is 2. The van der Waals surface area contributed by atoms with Gasteiger partial charge >= 0.3 is 0 Å². The van der Waals surface area contributed by atoms with Crippen molar-refractivity contribution in [1.82, 2.24) is 4.90 Å². The molecule has 1 aliphatic heterocycles. The van der Waals surface area contributed by atoms with Crippen molar-refractivity contribution in [3.05, 3.63) is 95.1 Å². The van der Waals surface area contributed by atoms with Crippen molar-refractivity contribution in [2.24, 2.45) is 5.73 Å². The topological polar surface area (TPSA) is 99.7 Å². The Morgan fingerprint density at radius 1 is 1.03 bits per heavy atom. The van der Waals surface area contributed by atoms with Gasteiger partial charge in [0.1, 0.15) is 11.6 Å². The molecule has 3 aromatic carbocycles. The second kappa shape index (κ2) is 8.55. The minimum Gasteiger partial charge on any atom is -0.474 e. The highest BCUT2D eigenvalue weighted by Gasteiger charge is 2.35. The van der Waals surface area contributed by atoms with Crippen molar-refractivity contribution in [2.75, 3.05) is 19.0 Å². The molecule has 1 atom stereocenters. The van der Waals surface area contributed by atoms with Crippen LogP contribution < -0.4 is 15.4 Å². The second-order valence-corrected chi connectivity index (χ2v) is 7.83. The lowest BCUT2D eigenvalue weighted by atomic mass is 10.0. The summed E-state index contributed by atoms with van der Waals surface area (Å²) >= 11 is 0. The monoisotopic (exact) mass is 428 g/mol. The van der Waals surface area contributed by atoms with Crippen LogP contribution in [0.15, 0.2) is 72.8 Å². The molecular weight excluding hydrogens is 404 g/mol. The molecule has 0 aromatic heterocycles. The van der Waals surface area contributed by atoms with Crippen molar-refractivity contribution < 1.29 is 14.3 Å². The summed E-state index contributed by atoms with van der Waals surface area (Å²) in [5.41, 5.74) is 8.84. The first kappa shape index (κ1) is 21.1. The smallest absolute Gasteiger partial charge is 0.273 e. The van der Waals surface area contributed by atoms with E-state index >= 15 is 0 Å². The number of ether oxygens (including phenoxy) is 1. The molecule has 0 bridgehead atoms. The lowest BCUT2D eigenvalue weighted by Gasteiger charge is -2.34. The van der Waals surface area contributed by atoms with Crippen LogP contribution in [0, 0.1) is 5.41 Å². The highest BCUT2D eigenvalue weighted by molar-refractivity contribution is 6.01. The van der Waals surface area contributed by atoms with E-state index in [1.54, 1.807) is 55.4 Å². The number of carbonyl (C=O) groups excluding carboxylic acids is 2. The molecule has 0 aliphatic carbocycles. The molecule has 3 aromatic rings. The van der Waals surface area contributed by atoms with E-state index in [1.807, 2.05) is 36.4 Å². The Kier molecular flexibility index (Phi) is 5.64. The Balaban J connectivity index is 1.71. The maximum atomic E-state index is 13.5. The molecule has 1 heterocycles. The number of rotatable bonds is 5. The fourth-order valence-electron chi connectivity index (χ4n) is 3.70. The van der Waals surface area contributed by atoms with E-state index in [2.05, 4.69) is 0 Å². The maximum absolute atomic E-state index is 13.5. The highest BCUT2D eigenvalue weighted by atomic mass is 16.5. The molecule has 2 amide bonds. The fourth-order valence-corrected chi connectivity index (χ4v) is 3.70. The van der Waals surface area contributed by atoms with E-state index in [4.69, 9.17) is 15.9 Å².